The molecule has 1 aliphatic carbocycles. The Hall–Kier alpha value is -3.43. The topological polar surface area (TPSA) is 71.6 Å². The number of fused-ring (bicyclic) bond motifs is 2. The molecule has 55 heavy (non-hydrogen) atoms. The van der Waals surface area contributed by atoms with Crippen molar-refractivity contribution in [2.75, 3.05) is 31.7 Å². The predicted octanol–water partition coefficient (Wildman–Crippen LogP) is 10.3. The molecule has 0 aromatic heterocycles. The van der Waals surface area contributed by atoms with Gasteiger partial charge < -0.3 is 24.0 Å². The highest BCUT2D eigenvalue weighted by Gasteiger charge is 2.49. The quantitative estimate of drug-likeness (QED) is 0.170. The van der Waals surface area contributed by atoms with E-state index in [4.69, 9.17) is 49.0 Å². The van der Waals surface area contributed by atoms with Crippen molar-refractivity contribution in [2.45, 2.75) is 115 Å². The highest BCUT2D eigenvalue weighted by atomic mass is 35.5. The molecule has 2 saturated heterocycles. The lowest BCUT2D eigenvalue weighted by molar-refractivity contribution is -0.129. The van der Waals surface area contributed by atoms with Gasteiger partial charge >= 0.3 is 6.09 Å². The van der Waals surface area contributed by atoms with Gasteiger partial charge in [0, 0.05) is 61.6 Å². The Labute approximate surface area is 340 Å². The molecule has 3 atom stereocenters. The first-order valence-electron chi connectivity index (χ1n) is 19.6. The lowest BCUT2D eigenvalue weighted by Gasteiger charge is -2.39. The van der Waals surface area contributed by atoms with Crippen LogP contribution in [-0.4, -0.2) is 78.4 Å². The molecule has 0 N–H and O–H groups in total. The van der Waals surface area contributed by atoms with Crippen LogP contribution in [-0.2, 0) is 27.2 Å². The molecule has 8 nitrogen and oxygen atoms in total. The van der Waals surface area contributed by atoms with E-state index in [0.717, 1.165) is 73.0 Å². The predicted molar refractivity (Wildman–Crippen MR) is 221 cm³/mol. The smallest absolute Gasteiger partial charge is 0.411 e. The van der Waals surface area contributed by atoms with Gasteiger partial charge in [-0.05, 0) is 131 Å². The maximum absolute atomic E-state index is 15.1. The van der Waals surface area contributed by atoms with Gasteiger partial charge in [-0.3, -0.25) is 9.69 Å². The molecule has 3 fully saturated rings. The second-order valence-corrected chi connectivity index (χ2v) is 17.7. The lowest BCUT2D eigenvalue weighted by Crippen LogP contribution is -2.50. The van der Waals surface area contributed by atoms with E-state index >= 15 is 4.79 Å². The molecule has 3 heterocycles. The fourth-order valence-electron chi connectivity index (χ4n) is 8.36. The number of anilines is 1. The number of ether oxygens (including phenoxy) is 3. The summed E-state index contributed by atoms with van der Waals surface area (Å²) in [6.07, 6.45) is 6.21. The normalized spacial score (nSPS) is 21.0. The highest BCUT2D eigenvalue weighted by molar-refractivity contribution is 6.37. The second kappa shape index (κ2) is 16.6. The van der Waals surface area contributed by atoms with Gasteiger partial charge in [0.05, 0.1) is 22.6 Å². The van der Waals surface area contributed by atoms with Crippen molar-refractivity contribution in [1.29, 1.82) is 0 Å². The molecule has 2 amide bonds. The Bertz CT molecular complexity index is 1920. The van der Waals surface area contributed by atoms with Crippen molar-refractivity contribution >= 4 is 58.1 Å². The van der Waals surface area contributed by atoms with E-state index in [2.05, 4.69) is 41.3 Å². The summed E-state index contributed by atoms with van der Waals surface area (Å²) in [6.45, 7) is 10.2. The Kier molecular flexibility index (Phi) is 12.0. The number of hydrogen-bond acceptors (Lipinski definition) is 6. The number of amides is 2. The first-order chi connectivity index (χ1) is 26.3. The zero-order valence-electron chi connectivity index (χ0n) is 32.5. The number of hydrogen-bond donors (Lipinski definition) is 0. The third-order valence-electron chi connectivity index (χ3n) is 11.1. The Morgan fingerprint density at radius 3 is 2.31 bits per heavy atom. The molecular weight excluding hydrogens is 757 g/mol. The number of carbonyl (C=O) groups is 2. The Balaban J connectivity index is 1.17. The first kappa shape index (κ1) is 39.8. The molecule has 2 bridgehead atoms. The van der Waals surface area contributed by atoms with Gasteiger partial charge in [-0.2, -0.15) is 0 Å². The molecule has 294 valence electrons. The van der Waals surface area contributed by atoms with Crippen LogP contribution in [0.2, 0.25) is 15.1 Å². The van der Waals surface area contributed by atoms with Crippen molar-refractivity contribution in [3.8, 4) is 5.75 Å². The molecule has 3 aromatic rings. The van der Waals surface area contributed by atoms with Crippen molar-refractivity contribution < 1.29 is 23.8 Å². The number of rotatable bonds is 12. The van der Waals surface area contributed by atoms with Crippen molar-refractivity contribution in [3.63, 3.8) is 0 Å². The van der Waals surface area contributed by atoms with Crippen molar-refractivity contribution in [3.05, 3.63) is 97.5 Å². The summed E-state index contributed by atoms with van der Waals surface area (Å²) in [5.41, 5.74) is 6.25. The van der Waals surface area contributed by atoms with E-state index in [0.29, 0.717) is 58.9 Å². The third kappa shape index (κ3) is 9.09. The lowest BCUT2D eigenvalue weighted by atomic mass is 9.87. The summed E-state index contributed by atoms with van der Waals surface area (Å²) in [5, 5.41) is 1.69. The largest absolute Gasteiger partial charge is 0.485 e. The standard InChI is InChI=1S/C44H52Cl3N3O5/c1-27-21-37(46)41(38(47)22-27)54-34-18-19-48(26-34)31-11-9-29(10-12-31)35-24-33-15-17-39(50(33)43(52)55-44(2,3)4)40(35)42(51)49(32-13-14-32)25-30-23-28(7-6-20-53-5)8-16-36(30)45/h8-12,16,21-23,32-34,39H,6-7,13-15,17-20,24-26H2,1-5H3/t33-,34?,39+/m0/s1. The third-order valence-corrected chi connectivity index (χ3v) is 12.0. The number of benzene rings is 3. The molecule has 0 radical (unpaired) electrons. The number of halogens is 3. The Morgan fingerprint density at radius 2 is 1.64 bits per heavy atom. The molecular formula is C44H52Cl3N3O5. The van der Waals surface area contributed by atoms with Gasteiger partial charge in [0.25, 0.3) is 5.91 Å². The number of nitrogens with zero attached hydrogens (tertiary/aromatic N) is 3. The number of carbonyl (C=O) groups excluding carboxylic acids is 2. The minimum atomic E-state index is -0.649. The summed E-state index contributed by atoms with van der Waals surface area (Å²) in [6, 6.07) is 18.1. The zero-order chi connectivity index (χ0) is 39.0. The van der Waals surface area contributed by atoms with Crippen molar-refractivity contribution in [2.24, 2.45) is 0 Å². The van der Waals surface area contributed by atoms with Gasteiger partial charge in [0.1, 0.15) is 11.7 Å². The van der Waals surface area contributed by atoms with Gasteiger partial charge in [0.15, 0.2) is 5.75 Å². The van der Waals surface area contributed by atoms with Crippen LogP contribution in [0, 0.1) is 6.92 Å². The van der Waals surface area contributed by atoms with Crippen molar-refractivity contribution in [1.82, 2.24) is 9.80 Å². The van der Waals surface area contributed by atoms with E-state index in [1.54, 1.807) is 7.11 Å². The molecule has 1 unspecified atom stereocenters. The maximum atomic E-state index is 15.1. The fraction of sp³-hybridized carbons (Fsp3) is 0.500. The number of aryl methyl sites for hydroxylation is 2. The molecule has 11 heteroatoms. The van der Waals surface area contributed by atoms with Gasteiger partial charge in [-0.25, -0.2) is 4.79 Å². The van der Waals surface area contributed by atoms with Crippen LogP contribution in [0.3, 0.4) is 0 Å². The Morgan fingerprint density at radius 1 is 0.909 bits per heavy atom. The van der Waals surface area contributed by atoms with Crippen LogP contribution in [0.15, 0.2) is 60.2 Å². The summed E-state index contributed by atoms with van der Waals surface area (Å²) >= 11 is 19.8. The van der Waals surface area contributed by atoms with E-state index in [1.165, 1.54) is 5.56 Å². The molecule has 1 saturated carbocycles. The molecule has 3 aromatic carbocycles. The molecule has 4 aliphatic rings. The first-order valence-corrected chi connectivity index (χ1v) is 20.7. The summed E-state index contributed by atoms with van der Waals surface area (Å²) < 4.78 is 17.5. The second-order valence-electron chi connectivity index (χ2n) is 16.5. The average Bonchev–Trinajstić information content (AvgIpc) is 3.78. The minimum Gasteiger partial charge on any atom is -0.485 e. The van der Waals surface area contributed by atoms with Gasteiger partial charge in [-0.15, -0.1) is 0 Å². The van der Waals surface area contributed by atoms with Gasteiger partial charge in [0.2, 0.25) is 0 Å². The van der Waals surface area contributed by atoms with E-state index in [9.17, 15) is 4.79 Å². The maximum Gasteiger partial charge on any atom is 0.411 e. The molecule has 0 spiro atoms. The molecule has 7 rings (SSSR count). The summed E-state index contributed by atoms with van der Waals surface area (Å²) in [4.78, 5) is 35.1. The van der Waals surface area contributed by atoms with E-state index < -0.39 is 5.60 Å². The minimum absolute atomic E-state index is 0.0192. The van der Waals surface area contributed by atoms with Crippen LogP contribution in [0.25, 0.3) is 5.57 Å². The van der Waals surface area contributed by atoms with Crippen LogP contribution in [0.1, 0.15) is 88.0 Å². The van der Waals surface area contributed by atoms with Crippen LogP contribution in [0.5, 0.6) is 5.75 Å². The van der Waals surface area contributed by atoms with E-state index in [-0.39, 0.29) is 36.2 Å². The van der Waals surface area contributed by atoms with Crippen LogP contribution in [0.4, 0.5) is 10.5 Å². The zero-order valence-corrected chi connectivity index (χ0v) is 34.8. The highest BCUT2D eigenvalue weighted by Crippen LogP contribution is 2.46. The SMILES string of the molecule is COCCCc1ccc(Cl)c(CN(C(=O)C2=C(c3ccc(N4CCC(Oc5c(Cl)cc(C)cc5Cl)C4)cc3)C[C@@H]3CC[C@H]2N3C(=O)OC(C)(C)C)C2CC2)c1. The van der Waals surface area contributed by atoms with Gasteiger partial charge in [-0.1, -0.05) is 59.1 Å². The fourth-order valence-corrected chi connectivity index (χ4v) is 9.23. The summed E-state index contributed by atoms with van der Waals surface area (Å²) in [5.74, 6) is 0.513. The average molecular weight is 809 g/mol. The summed E-state index contributed by atoms with van der Waals surface area (Å²) in [7, 11) is 1.71. The molecule has 3 aliphatic heterocycles. The number of methoxy groups -OCH3 is 1. The van der Waals surface area contributed by atoms with E-state index in [1.807, 2.05) is 55.7 Å². The van der Waals surface area contributed by atoms with Crippen LogP contribution < -0.4 is 9.64 Å². The van der Waals surface area contributed by atoms with Crippen LogP contribution >= 0.6 is 34.8 Å². The monoisotopic (exact) mass is 807 g/mol.